The molecule has 0 unspecified atom stereocenters. The maximum absolute atomic E-state index is 12.9. The number of fused-ring (bicyclic) bond motifs is 2. The van der Waals surface area contributed by atoms with Gasteiger partial charge < -0.3 is 39.4 Å². The van der Waals surface area contributed by atoms with Crippen LogP contribution in [0.5, 0.6) is 23.0 Å². The molecule has 5 amide bonds. The Labute approximate surface area is 472 Å². The highest BCUT2D eigenvalue weighted by Gasteiger charge is 2.23. The van der Waals surface area contributed by atoms with Crippen LogP contribution in [0, 0.1) is 0 Å². The topological polar surface area (TPSA) is 223 Å². The summed E-state index contributed by atoms with van der Waals surface area (Å²) in [6, 6.07) is 14.0. The molecule has 20 nitrogen and oxygen atoms in total. The SMILES string of the molecule is C=CC(=O)N(CCCCN(CC)CC)c1ncc2cc(-c3cc(OC)cc(OC)c3)c(NC(=O)NC(C)(C)C)nc2n1.CCN(CC)CCCCCc1ncc2cc(-c3cc(OC)cc(OC)c3)c(NC(=O)NC(C)(C)C)nc2n1. The first kappa shape index (κ1) is 63.1. The molecule has 0 radical (unpaired) electrons. The number of urea groups is 2. The molecule has 4 heterocycles. The van der Waals surface area contributed by atoms with Gasteiger partial charge in [-0.2, -0.15) is 4.98 Å². The zero-order chi connectivity index (χ0) is 58.6. The minimum absolute atomic E-state index is 0.226. The molecule has 432 valence electrons. The van der Waals surface area contributed by atoms with E-state index in [-0.39, 0.29) is 23.7 Å². The standard InChI is InChI=1S/C31H43N7O4.C29H42N6O3/c1-9-26(39)38(15-13-12-14-37(10-2)11-3)29-32-20-22-18-25(21-16-23(41-7)19-24(17-21)42-8)28(33-27(22)34-29)35-30(40)36-31(4,5)6;1-8-35(9-2)14-12-10-11-13-25-30-19-21-17-24(20-15-22(37-6)18-23(16-20)38-7)27(32-26(21)31-25)33-28(36)34-29(3,4)5/h9,16-20H,1,10-15H2,2-8H3,(H2,32,33,34,35,36,40);15-19H,8-14H2,1-7H3,(H2,30,31,32,33,34,36). The van der Waals surface area contributed by atoms with E-state index in [1.54, 1.807) is 53.0 Å². The number of amides is 5. The smallest absolute Gasteiger partial charge is 0.320 e. The number of carbonyl (C=O) groups is 3. The molecule has 4 aromatic heterocycles. The number of pyridine rings is 2. The molecule has 0 spiro atoms. The minimum atomic E-state index is -0.466. The van der Waals surface area contributed by atoms with Crippen molar-refractivity contribution in [2.75, 3.05) is 89.8 Å². The van der Waals surface area contributed by atoms with Crippen LogP contribution in [0.3, 0.4) is 0 Å². The van der Waals surface area contributed by atoms with Crippen molar-refractivity contribution in [1.29, 1.82) is 0 Å². The third-order valence-electron chi connectivity index (χ3n) is 12.9. The second-order valence-electron chi connectivity index (χ2n) is 21.2. The van der Waals surface area contributed by atoms with E-state index >= 15 is 0 Å². The summed E-state index contributed by atoms with van der Waals surface area (Å²) in [5.74, 6) is 3.82. The van der Waals surface area contributed by atoms with Gasteiger partial charge in [0.15, 0.2) is 11.3 Å². The predicted molar refractivity (Wildman–Crippen MR) is 320 cm³/mol. The van der Waals surface area contributed by atoms with E-state index in [1.807, 2.05) is 77.9 Å². The Morgan fingerprint density at radius 3 is 1.36 bits per heavy atom. The average Bonchev–Trinajstić information content (AvgIpc) is 3.55. The molecule has 0 bridgehead atoms. The molecular weight excluding hydrogens is 1010 g/mol. The first-order valence-corrected chi connectivity index (χ1v) is 27.6. The fraction of sp³-hybridized carbons (Fsp3) is 0.483. The molecule has 0 fully saturated rings. The molecule has 6 aromatic rings. The van der Waals surface area contributed by atoms with E-state index in [0.29, 0.717) is 68.7 Å². The highest BCUT2D eigenvalue weighted by molar-refractivity contribution is 6.01. The van der Waals surface area contributed by atoms with Crippen LogP contribution in [0.2, 0.25) is 0 Å². The van der Waals surface area contributed by atoms with Crippen LogP contribution in [-0.4, -0.2) is 143 Å². The maximum Gasteiger partial charge on any atom is 0.320 e. The molecule has 4 N–H and O–H groups in total. The van der Waals surface area contributed by atoms with Crippen molar-refractivity contribution in [3.05, 3.63) is 79.4 Å². The zero-order valence-corrected chi connectivity index (χ0v) is 49.6. The van der Waals surface area contributed by atoms with Crippen LogP contribution in [-0.2, 0) is 11.2 Å². The van der Waals surface area contributed by atoms with Crippen LogP contribution in [0.4, 0.5) is 27.2 Å². The zero-order valence-electron chi connectivity index (χ0n) is 49.6. The lowest BCUT2D eigenvalue weighted by atomic mass is 10.0. The number of hydrogen-bond donors (Lipinski definition) is 4. The molecule has 6 rings (SSSR count). The van der Waals surface area contributed by atoms with Gasteiger partial charge >= 0.3 is 12.1 Å². The molecule has 0 aliphatic heterocycles. The van der Waals surface area contributed by atoms with Gasteiger partial charge in [0.25, 0.3) is 5.91 Å². The van der Waals surface area contributed by atoms with Gasteiger partial charge in [-0.3, -0.25) is 20.3 Å². The van der Waals surface area contributed by atoms with E-state index in [2.05, 4.69) is 80.3 Å². The summed E-state index contributed by atoms with van der Waals surface area (Å²) in [6.45, 7) is 30.4. The Morgan fingerprint density at radius 2 is 0.950 bits per heavy atom. The van der Waals surface area contributed by atoms with E-state index in [9.17, 15) is 14.4 Å². The highest BCUT2D eigenvalue weighted by Crippen LogP contribution is 2.37. The molecule has 0 aliphatic rings. The molecule has 0 saturated carbocycles. The fourth-order valence-electron chi connectivity index (χ4n) is 8.62. The van der Waals surface area contributed by atoms with Crippen LogP contribution < -0.4 is 45.1 Å². The minimum Gasteiger partial charge on any atom is -0.497 e. The van der Waals surface area contributed by atoms with Crippen molar-refractivity contribution in [3.8, 4) is 45.3 Å². The number of aryl methyl sites for hydroxylation is 1. The fourth-order valence-corrected chi connectivity index (χ4v) is 8.62. The lowest BCUT2D eigenvalue weighted by Crippen LogP contribution is -2.43. The number of nitrogens with zero attached hydrogens (tertiary/aromatic N) is 9. The summed E-state index contributed by atoms with van der Waals surface area (Å²) >= 11 is 0. The number of hydrogen-bond acceptors (Lipinski definition) is 15. The van der Waals surface area contributed by atoms with Gasteiger partial charge in [-0.15, -0.1) is 0 Å². The third kappa shape index (κ3) is 19.0. The Kier molecular flexibility index (Phi) is 23.7. The van der Waals surface area contributed by atoms with Crippen LogP contribution in [0.25, 0.3) is 44.3 Å². The summed E-state index contributed by atoms with van der Waals surface area (Å²) in [5, 5.41) is 13.0. The highest BCUT2D eigenvalue weighted by atomic mass is 16.5. The van der Waals surface area contributed by atoms with E-state index in [1.165, 1.54) is 11.0 Å². The van der Waals surface area contributed by atoms with Crippen molar-refractivity contribution in [3.63, 3.8) is 0 Å². The van der Waals surface area contributed by atoms with Gasteiger partial charge in [0.05, 0.1) is 28.4 Å². The van der Waals surface area contributed by atoms with Gasteiger partial charge in [-0.05, 0) is 160 Å². The Morgan fingerprint density at radius 1 is 0.537 bits per heavy atom. The number of ether oxygens (including phenoxy) is 4. The number of unbranched alkanes of at least 4 members (excludes halogenated alkanes) is 3. The maximum atomic E-state index is 12.9. The quantitative estimate of drug-likeness (QED) is 0.0309. The summed E-state index contributed by atoms with van der Waals surface area (Å²) in [5.41, 5.74) is 2.85. The average molecular weight is 1100 g/mol. The molecule has 0 saturated heterocycles. The Bertz CT molecular complexity index is 2980. The normalized spacial score (nSPS) is 11.4. The second kappa shape index (κ2) is 30.0. The van der Waals surface area contributed by atoms with Crippen molar-refractivity contribution in [1.82, 2.24) is 50.3 Å². The summed E-state index contributed by atoms with van der Waals surface area (Å²) < 4.78 is 21.8. The lowest BCUT2D eigenvalue weighted by molar-refractivity contribution is -0.114. The predicted octanol–water partition coefficient (Wildman–Crippen LogP) is 11.0. The van der Waals surface area contributed by atoms with E-state index < -0.39 is 17.1 Å². The summed E-state index contributed by atoms with van der Waals surface area (Å²) in [7, 11) is 6.35. The molecular formula is C60H85N13O7. The summed E-state index contributed by atoms with van der Waals surface area (Å²) in [4.78, 5) is 72.8. The summed E-state index contributed by atoms with van der Waals surface area (Å²) in [6.07, 6.45) is 10.5. The van der Waals surface area contributed by atoms with Gasteiger partial charge in [0.1, 0.15) is 40.5 Å². The number of carbonyl (C=O) groups excluding carboxylic acids is 3. The lowest BCUT2D eigenvalue weighted by Gasteiger charge is -2.22. The molecule has 2 aromatic carbocycles. The number of benzene rings is 2. The second-order valence-corrected chi connectivity index (χ2v) is 21.2. The van der Waals surface area contributed by atoms with Crippen molar-refractivity contribution in [2.24, 2.45) is 0 Å². The number of aromatic nitrogens is 6. The van der Waals surface area contributed by atoms with Gasteiger partial charge in [-0.25, -0.2) is 34.5 Å². The number of nitrogens with one attached hydrogen (secondary N) is 4. The van der Waals surface area contributed by atoms with Gasteiger partial charge in [0, 0.05) is 70.5 Å². The Balaban J connectivity index is 0.000000295. The van der Waals surface area contributed by atoms with Crippen LogP contribution in [0.1, 0.15) is 107 Å². The Hall–Kier alpha value is -7.71. The van der Waals surface area contributed by atoms with Crippen LogP contribution in [0.15, 0.2) is 73.6 Å². The van der Waals surface area contributed by atoms with Crippen molar-refractivity contribution in [2.45, 2.75) is 119 Å². The number of rotatable bonds is 25. The monoisotopic (exact) mass is 1100 g/mol. The van der Waals surface area contributed by atoms with Gasteiger partial charge in [0.2, 0.25) is 5.95 Å². The largest absolute Gasteiger partial charge is 0.497 e. The van der Waals surface area contributed by atoms with E-state index in [0.717, 1.165) is 94.6 Å². The van der Waals surface area contributed by atoms with Crippen molar-refractivity contribution < 1.29 is 33.3 Å². The van der Waals surface area contributed by atoms with Crippen molar-refractivity contribution >= 4 is 57.6 Å². The molecule has 80 heavy (non-hydrogen) atoms. The molecule has 0 aliphatic carbocycles. The molecule has 20 heteroatoms. The van der Waals surface area contributed by atoms with Crippen LogP contribution >= 0.6 is 0 Å². The van der Waals surface area contributed by atoms with E-state index in [4.69, 9.17) is 33.9 Å². The first-order chi connectivity index (χ1) is 38.2. The van der Waals surface area contributed by atoms with Gasteiger partial charge in [-0.1, -0.05) is 40.7 Å². The number of anilines is 3. The third-order valence-corrected chi connectivity index (χ3v) is 12.9. The molecule has 0 atom stereocenters. The first-order valence-electron chi connectivity index (χ1n) is 27.6. The number of methoxy groups -OCH3 is 4.